The van der Waals surface area contributed by atoms with Gasteiger partial charge < -0.3 is 14.9 Å². The van der Waals surface area contributed by atoms with Crippen LogP contribution in [0.3, 0.4) is 0 Å². The van der Waals surface area contributed by atoms with E-state index in [0.29, 0.717) is 12.8 Å². The van der Waals surface area contributed by atoms with Gasteiger partial charge >= 0.3 is 17.9 Å². The Morgan fingerprint density at radius 3 is 2.19 bits per heavy atom. The van der Waals surface area contributed by atoms with Crippen molar-refractivity contribution in [1.29, 1.82) is 0 Å². The van der Waals surface area contributed by atoms with Crippen molar-refractivity contribution in [1.82, 2.24) is 0 Å². The Labute approximate surface area is 92.2 Å². The molecule has 90 valence electrons. The zero-order chi connectivity index (χ0) is 12.1. The molecule has 0 heterocycles. The number of esters is 1. The molecule has 1 fully saturated rings. The standard InChI is InChI=1S/C10H14O6/c11-8(12)5-7(9(13)14)16-10(15)6-3-1-2-4-6/h6-7H,1-5H2,(H,11,12)(H,13,14). The summed E-state index contributed by atoms with van der Waals surface area (Å²) < 4.78 is 4.69. The number of hydrogen-bond acceptors (Lipinski definition) is 4. The summed E-state index contributed by atoms with van der Waals surface area (Å²) >= 11 is 0. The number of aliphatic carboxylic acids is 2. The predicted octanol–water partition coefficient (Wildman–Crippen LogP) is 0.648. The molecule has 0 amide bonds. The Morgan fingerprint density at radius 1 is 1.19 bits per heavy atom. The van der Waals surface area contributed by atoms with Gasteiger partial charge in [0.1, 0.15) is 0 Å². The first-order valence-electron chi connectivity index (χ1n) is 5.16. The lowest BCUT2D eigenvalue weighted by molar-refractivity contribution is -0.169. The minimum atomic E-state index is -1.58. The maximum atomic E-state index is 11.5. The Morgan fingerprint density at radius 2 is 1.75 bits per heavy atom. The number of carboxylic acids is 2. The minimum Gasteiger partial charge on any atom is -0.481 e. The first-order valence-corrected chi connectivity index (χ1v) is 5.16. The summed E-state index contributed by atoms with van der Waals surface area (Å²) in [6, 6.07) is 0. The molecule has 2 N–H and O–H groups in total. The van der Waals surface area contributed by atoms with Gasteiger partial charge in [0.2, 0.25) is 6.10 Å². The van der Waals surface area contributed by atoms with Gasteiger partial charge in [0.05, 0.1) is 12.3 Å². The lowest BCUT2D eigenvalue weighted by Gasteiger charge is -2.14. The normalized spacial score (nSPS) is 18.0. The number of ether oxygens (including phenoxy) is 1. The molecule has 1 aliphatic rings. The van der Waals surface area contributed by atoms with Gasteiger partial charge in [-0.3, -0.25) is 9.59 Å². The zero-order valence-corrected chi connectivity index (χ0v) is 8.72. The van der Waals surface area contributed by atoms with Crippen LogP contribution in [0.5, 0.6) is 0 Å². The van der Waals surface area contributed by atoms with E-state index < -0.39 is 30.4 Å². The fraction of sp³-hybridized carbons (Fsp3) is 0.700. The molecular formula is C10H14O6. The second-order valence-electron chi connectivity index (χ2n) is 3.84. The summed E-state index contributed by atoms with van der Waals surface area (Å²) in [6.45, 7) is 0. The Bertz CT molecular complexity index is 292. The van der Waals surface area contributed by atoms with E-state index in [2.05, 4.69) is 4.74 Å². The van der Waals surface area contributed by atoms with Gasteiger partial charge in [-0.1, -0.05) is 12.8 Å². The van der Waals surface area contributed by atoms with Crippen LogP contribution in [0.4, 0.5) is 0 Å². The summed E-state index contributed by atoms with van der Waals surface area (Å²) in [5.41, 5.74) is 0. The third-order valence-electron chi connectivity index (χ3n) is 2.58. The molecule has 1 rings (SSSR count). The molecule has 0 aromatic carbocycles. The molecule has 0 aromatic rings. The van der Waals surface area contributed by atoms with Gasteiger partial charge in [-0.05, 0) is 12.8 Å². The average molecular weight is 230 g/mol. The molecule has 0 spiro atoms. The summed E-state index contributed by atoms with van der Waals surface area (Å²) in [6.07, 6.45) is 0.961. The summed E-state index contributed by atoms with van der Waals surface area (Å²) in [4.78, 5) is 32.5. The molecule has 1 aliphatic carbocycles. The lowest BCUT2D eigenvalue weighted by Crippen LogP contribution is -2.31. The number of carbonyl (C=O) groups excluding carboxylic acids is 1. The summed E-state index contributed by atoms with van der Waals surface area (Å²) in [7, 11) is 0. The summed E-state index contributed by atoms with van der Waals surface area (Å²) in [5.74, 6) is -3.58. The van der Waals surface area contributed by atoms with E-state index in [1.54, 1.807) is 0 Å². The fourth-order valence-corrected chi connectivity index (χ4v) is 1.74. The van der Waals surface area contributed by atoms with Gasteiger partial charge in [0.15, 0.2) is 0 Å². The first kappa shape index (κ1) is 12.5. The van der Waals surface area contributed by atoms with E-state index in [0.717, 1.165) is 12.8 Å². The molecule has 16 heavy (non-hydrogen) atoms. The van der Waals surface area contributed by atoms with Gasteiger partial charge in [0.25, 0.3) is 0 Å². The van der Waals surface area contributed by atoms with E-state index >= 15 is 0 Å². The third-order valence-corrected chi connectivity index (χ3v) is 2.58. The molecular weight excluding hydrogens is 216 g/mol. The van der Waals surface area contributed by atoms with E-state index in [1.807, 2.05) is 0 Å². The van der Waals surface area contributed by atoms with Gasteiger partial charge in [-0.15, -0.1) is 0 Å². The van der Waals surface area contributed by atoms with Crippen LogP contribution in [-0.2, 0) is 19.1 Å². The minimum absolute atomic E-state index is 0.268. The zero-order valence-electron chi connectivity index (χ0n) is 8.72. The second kappa shape index (κ2) is 5.48. The van der Waals surface area contributed by atoms with Crippen LogP contribution < -0.4 is 0 Å². The quantitative estimate of drug-likeness (QED) is 0.672. The van der Waals surface area contributed by atoms with Gasteiger partial charge in [0, 0.05) is 0 Å². The largest absolute Gasteiger partial charge is 0.481 e. The van der Waals surface area contributed by atoms with Crippen LogP contribution in [0.15, 0.2) is 0 Å². The topological polar surface area (TPSA) is 101 Å². The van der Waals surface area contributed by atoms with E-state index in [-0.39, 0.29) is 5.92 Å². The molecule has 1 unspecified atom stereocenters. The number of carbonyl (C=O) groups is 3. The number of hydrogen-bond donors (Lipinski definition) is 2. The highest BCUT2D eigenvalue weighted by atomic mass is 16.6. The van der Waals surface area contributed by atoms with Crippen molar-refractivity contribution in [2.45, 2.75) is 38.2 Å². The van der Waals surface area contributed by atoms with Crippen LogP contribution in [0.1, 0.15) is 32.1 Å². The van der Waals surface area contributed by atoms with Crippen molar-refractivity contribution in [3.8, 4) is 0 Å². The van der Waals surface area contributed by atoms with Crippen molar-refractivity contribution >= 4 is 17.9 Å². The van der Waals surface area contributed by atoms with Crippen LogP contribution in [0.25, 0.3) is 0 Å². The van der Waals surface area contributed by atoms with Crippen LogP contribution >= 0.6 is 0 Å². The maximum absolute atomic E-state index is 11.5. The smallest absolute Gasteiger partial charge is 0.345 e. The lowest BCUT2D eigenvalue weighted by atomic mass is 10.1. The molecule has 0 aliphatic heterocycles. The molecule has 6 heteroatoms. The number of carboxylic acid groups (broad SMARTS) is 2. The highest BCUT2D eigenvalue weighted by Gasteiger charge is 2.30. The molecule has 0 aromatic heterocycles. The predicted molar refractivity (Wildman–Crippen MR) is 51.7 cm³/mol. The highest BCUT2D eigenvalue weighted by molar-refractivity contribution is 5.83. The Hall–Kier alpha value is -1.59. The van der Waals surface area contributed by atoms with Crippen molar-refractivity contribution in [3.63, 3.8) is 0 Å². The average Bonchev–Trinajstić information content (AvgIpc) is 2.68. The summed E-state index contributed by atoms with van der Waals surface area (Å²) in [5, 5.41) is 17.1. The molecule has 6 nitrogen and oxygen atoms in total. The van der Waals surface area contributed by atoms with Crippen molar-refractivity contribution in [2.75, 3.05) is 0 Å². The number of rotatable bonds is 5. The van der Waals surface area contributed by atoms with Crippen molar-refractivity contribution in [3.05, 3.63) is 0 Å². The third kappa shape index (κ3) is 3.52. The van der Waals surface area contributed by atoms with E-state index in [1.165, 1.54) is 0 Å². The van der Waals surface area contributed by atoms with E-state index in [9.17, 15) is 14.4 Å². The molecule has 1 atom stereocenters. The van der Waals surface area contributed by atoms with Gasteiger partial charge in [-0.2, -0.15) is 0 Å². The SMILES string of the molecule is O=C(O)CC(OC(=O)C1CCCC1)C(=O)O. The van der Waals surface area contributed by atoms with Crippen molar-refractivity contribution < 1.29 is 29.3 Å². The molecule has 0 bridgehead atoms. The Balaban J connectivity index is 2.50. The van der Waals surface area contributed by atoms with Crippen LogP contribution in [0, 0.1) is 5.92 Å². The fourth-order valence-electron chi connectivity index (χ4n) is 1.74. The molecule has 1 saturated carbocycles. The van der Waals surface area contributed by atoms with E-state index in [4.69, 9.17) is 10.2 Å². The van der Waals surface area contributed by atoms with Gasteiger partial charge in [-0.25, -0.2) is 4.79 Å². The molecule has 0 radical (unpaired) electrons. The van der Waals surface area contributed by atoms with Crippen molar-refractivity contribution in [2.24, 2.45) is 5.92 Å². The monoisotopic (exact) mass is 230 g/mol. The van der Waals surface area contributed by atoms with Crippen LogP contribution in [0.2, 0.25) is 0 Å². The van der Waals surface area contributed by atoms with Crippen LogP contribution in [-0.4, -0.2) is 34.2 Å². The maximum Gasteiger partial charge on any atom is 0.345 e. The Kier molecular flexibility index (Phi) is 4.28. The highest BCUT2D eigenvalue weighted by Crippen LogP contribution is 2.26. The first-order chi connectivity index (χ1) is 7.50. The second-order valence-corrected chi connectivity index (χ2v) is 3.84. The molecule has 0 saturated heterocycles.